The maximum absolute atomic E-state index is 11.2. The smallest absolute Gasteiger partial charge is 0.234 e. The highest BCUT2D eigenvalue weighted by atomic mass is 16.5. The third-order valence-corrected chi connectivity index (χ3v) is 2.56. The summed E-state index contributed by atoms with van der Waals surface area (Å²) in [6.45, 7) is 5.61. The van der Waals surface area contributed by atoms with Gasteiger partial charge in [-0.3, -0.25) is 4.79 Å². The lowest BCUT2D eigenvalue weighted by Crippen LogP contribution is -2.34. The summed E-state index contributed by atoms with van der Waals surface area (Å²) in [6.07, 6.45) is 0. The minimum atomic E-state index is -0.0155. The molecule has 0 aliphatic heterocycles. The molecule has 4 heteroatoms. The first-order valence-corrected chi connectivity index (χ1v) is 6.28. The van der Waals surface area contributed by atoms with E-state index in [0.29, 0.717) is 25.6 Å². The highest BCUT2D eigenvalue weighted by Gasteiger charge is 2.06. The average Bonchev–Trinajstić information content (AvgIpc) is 2.35. The van der Waals surface area contributed by atoms with Gasteiger partial charge in [-0.15, -0.1) is 0 Å². The maximum atomic E-state index is 11.2. The molecule has 18 heavy (non-hydrogen) atoms. The zero-order chi connectivity index (χ0) is 13.4. The minimum Gasteiger partial charge on any atom is -0.491 e. The van der Waals surface area contributed by atoms with E-state index in [1.807, 2.05) is 18.2 Å². The molecule has 0 bridgehead atoms. The van der Waals surface area contributed by atoms with Crippen LogP contribution in [0.2, 0.25) is 0 Å². The normalized spacial score (nSPS) is 10.4. The van der Waals surface area contributed by atoms with Crippen LogP contribution in [-0.4, -0.2) is 32.7 Å². The van der Waals surface area contributed by atoms with Crippen molar-refractivity contribution >= 4 is 5.91 Å². The Morgan fingerprint density at radius 3 is 2.72 bits per heavy atom. The van der Waals surface area contributed by atoms with E-state index in [1.54, 1.807) is 7.05 Å². The van der Waals surface area contributed by atoms with Gasteiger partial charge in [-0.2, -0.15) is 0 Å². The van der Waals surface area contributed by atoms with Crippen LogP contribution in [-0.2, 0) is 4.79 Å². The van der Waals surface area contributed by atoms with Crippen molar-refractivity contribution in [1.82, 2.24) is 10.6 Å². The third-order valence-electron chi connectivity index (χ3n) is 2.56. The van der Waals surface area contributed by atoms with Gasteiger partial charge in [-0.25, -0.2) is 0 Å². The quantitative estimate of drug-likeness (QED) is 0.721. The molecule has 0 spiro atoms. The van der Waals surface area contributed by atoms with Crippen molar-refractivity contribution in [3.8, 4) is 5.75 Å². The number of hydrogen-bond acceptors (Lipinski definition) is 3. The summed E-state index contributed by atoms with van der Waals surface area (Å²) in [7, 11) is 1.75. The van der Waals surface area contributed by atoms with Crippen molar-refractivity contribution in [3.63, 3.8) is 0 Å². The molecule has 1 rings (SSSR count). The van der Waals surface area contributed by atoms with Crippen molar-refractivity contribution in [2.45, 2.75) is 19.8 Å². The molecule has 1 aromatic rings. The Kier molecular flexibility index (Phi) is 6.22. The number of nitrogens with one attached hydrogen (secondary N) is 2. The van der Waals surface area contributed by atoms with Gasteiger partial charge in [-0.05, 0) is 24.6 Å². The summed E-state index contributed by atoms with van der Waals surface area (Å²) >= 11 is 0. The van der Waals surface area contributed by atoms with E-state index in [2.05, 4.69) is 30.5 Å². The van der Waals surface area contributed by atoms with Gasteiger partial charge < -0.3 is 15.4 Å². The summed E-state index contributed by atoms with van der Waals surface area (Å²) in [5, 5.41) is 5.57. The number of carbonyl (C=O) groups is 1. The van der Waals surface area contributed by atoms with Crippen LogP contribution in [0.25, 0.3) is 0 Å². The van der Waals surface area contributed by atoms with Crippen LogP contribution in [0.3, 0.4) is 0 Å². The van der Waals surface area contributed by atoms with Gasteiger partial charge in [0.1, 0.15) is 12.4 Å². The second-order valence-electron chi connectivity index (χ2n) is 4.42. The third kappa shape index (κ3) is 4.75. The molecule has 0 aromatic heterocycles. The summed E-state index contributed by atoms with van der Waals surface area (Å²) in [5.41, 5.74) is 1.19. The molecule has 0 fully saturated rings. The Balaban J connectivity index is 2.37. The lowest BCUT2D eigenvalue weighted by atomic mass is 10.0. The van der Waals surface area contributed by atoms with Gasteiger partial charge in [-0.1, -0.05) is 32.0 Å². The molecule has 1 aromatic carbocycles. The Labute approximate surface area is 109 Å². The average molecular weight is 250 g/mol. The zero-order valence-corrected chi connectivity index (χ0v) is 11.3. The lowest BCUT2D eigenvalue weighted by Gasteiger charge is -2.14. The Bertz CT molecular complexity index is 378. The number of para-hydroxylation sites is 1. The number of hydrogen-bond donors (Lipinski definition) is 2. The molecule has 0 aliphatic carbocycles. The number of rotatable bonds is 7. The maximum Gasteiger partial charge on any atom is 0.234 e. The van der Waals surface area contributed by atoms with Gasteiger partial charge in [0.05, 0.1) is 13.1 Å². The molecule has 4 nitrogen and oxygen atoms in total. The second-order valence-corrected chi connectivity index (χ2v) is 4.42. The topological polar surface area (TPSA) is 50.4 Å². The van der Waals surface area contributed by atoms with E-state index in [0.717, 1.165) is 5.75 Å². The van der Waals surface area contributed by atoms with Gasteiger partial charge >= 0.3 is 0 Å². The molecule has 0 heterocycles. The van der Waals surface area contributed by atoms with E-state index in [1.165, 1.54) is 5.56 Å². The first-order valence-electron chi connectivity index (χ1n) is 6.28. The molecular formula is C14H22N2O2. The van der Waals surface area contributed by atoms with E-state index < -0.39 is 0 Å². The van der Waals surface area contributed by atoms with E-state index in [-0.39, 0.29) is 5.91 Å². The van der Waals surface area contributed by atoms with Crippen molar-refractivity contribution < 1.29 is 9.53 Å². The minimum absolute atomic E-state index is 0.0155. The molecule has 2 N–H and O–H groups in total. The van der Waals surface area contributed by atoms with Crippen LogP contribution in [0.1, 0.15) is 25.3 Å². The number of benzene rings is 1. The van der Waals surface area contributed by atoms with Gasteiger partial charge in [0.25, 0.3) is 0 Å². The van der Waals surface area contributed by atoms with Crippen molar-refractivity contribution in [2.24, 2.45) is 0 Å². The summed E-state index contributed by atoms with van der Waals surface area (Å²) in [4.78, 5) is 11.2. The van der Waals surface area contributed by atoms with Crippen LogP contribution in [0.5, 0.6) is 5.75 Å². The van der Waals surface area contributed by atoms with Crippen molar-refractivity contribution in [2.75, 3.05) is 26.7 Å². The first kappa shape index (κ1) is 14.5. The fourth-order valence-corrected chi connectivity index (χ4v) is 1.66. The molecule has 0 saturated carbocycles. The van der Waals surface area contributed by atoms with Gasteiger partial charge in [0.15, 0.2) is 0 Å². The summed E-state index contributed by atoms with van der Waals surface area (Å²) < 4.78 is 5.69. The largest absolute Gasteiger partial charge is 0.491 e. The number of amides is 1. The van der Waals surface area contributed by atoms with Crippen LogP contribution < -0.4 is 15.4 Å². The fraction of sp³-hybridized carbons (Fsp3) is 0.500. The van der Waals surface area contributed by atoms with Crippen LogP contribution >= 0.6 is 0 Å². The molecule has 0 saturated heterocycles. The predicted octanol–water partition coefficient (Wildman–Crippen LogP) is 1.52. The van der Waals surface area contributed by atoms with E-state index in [4.69, 9.17) is 4.74 Å². The van der Waals surface area contributed by atoms with Crippen molar-refractivity contribution in [1.29, 1.82) is 0 Å². The monoisotopic (exact) mass is 250 g/mol. The molecule has 0 aliphatic rings. The van der Waals surface area contributed by atoms with Gasteiger partial charge in [0.2, 0.25) is 5.91 Å². The van der Waals surface area contributed by atoms with Crippen LogP contribution in [0.15, 0.2) is 24.3 Å². The molecule has 1 amide bonds. The molecular weight excluding hydrogens is 228 g/mol. The van der Waals surface area contributed by atoms with Crippen LogP contribution in [0.4, 0.5) is 0 Å². The highest BCUT2D eigenvalue weighted by Crippen LogP contribution is 2.25. The van der Waals surface area contributed by atoms with E-state index in [9.17, 15) is 4.79 Å². The Hall–Kier alpha value is -1.55. The standard InChI is InChI=1S/C14H22N2O2/c1-11(2)12-6-4-5-7-13(12)18-9-8-16-14(17)10-15-3/h4-7,11,15H,8-10H2,1-3H3,(H,16,17). The van der Waals surface area contributed by atoms with E-state index >= 15 is 0 Å². The number of ether oxygens (including phenoxy) is 1. The lowest BCUT2D eigenvalue weighted by molar-refractivity contribution is -0.120. The number of carbonyl (C=O) groups excluding carboxylic acids is 1. The number of likely N-dealkylation sites (N-methyl/N-ethyl adjacent to an activating group) is 1. The first-order chi connectivity index (χ1) is 8.65. The van der Waals surface area contributed by atoms with Crippen LogP contribution in [0, 0.1) is 0 Å². The molecule has 100 valence electrons. The second kappa shape index (κ2) is 7.71. The molecule has 0 atom stereocenters. The summed E-state index contributed by atoms with van der Waals surface area (Å²) in [6, 6.07) is 8.00. The molecule has 0 unspecified atom stereocenters. The Morgan fingerprint density at radius 2 is 2.06 bits per heavy atom. The predicted molar refractivity (Wildman–Crippen MR) is 73.0 cm³/mol. The highest BCUT2D eigenvalue weighted by molar-refractivity contribution is 5.77. The van der Waals surface area contributed by atoms with Gasteiger partial charge in [0, 0.05) is 0 Å². The fourth-order valence-electron chi connectivity index (χ4n) is 1.66. The Morgan fingerprint density at radius 1 is 1.33 bits per heavy atom. The molecule has 0 radical (unpaired) electrons. The van der Waals surface area contributed by atoms with Crippen molar-refractivity contribution in [3.05, 3.63) is 29.8 Å². The SMILES string of the molecule is CNCC(=O)NCCOc1ccccc1C(C)C. The zero-order valence-electron chi connectivity index (χ0n) is 11.3. The summed E-state index contributed by atoms with van der Waals surface area (Å²) in [5.74, 6) is 1.31.